The Bertz CT molecular complexity index is 728. The van der Waals surface area contributed by atoms with Crippen LogP contribution in [0.25, 0.3) is 22.3 Å². The van der Waals surface area contributed by atoms with E-state index in [0.29, 0.717) is 5.82 Å². The number of hydrogen-bond acceptors (Lipinski definition) is 3. The van der Waals surface area contributed by atoms with Crippen molar-refractivity contribution >= 4 is 10.9 Å². The maximum absolute atomic E-state index is 11.3. The van der Waals surface area contributed by atoms with Crippen LogP contribution in [0.4, 0.5) is 0 Å². The smallest absolute Gasteiger partial charge is 0.251 e. The second kappa shape index (κ2) is 3.83. The highest BCUT2D eigenvalue weighted by atomic mass is 16.1. The molecule has 1 N–H and O–H groups in total. The molecule has 0 aliphatic carbocycles. The Morgan fingerprint density at radius 3 is 2.71 bits per heavy atom. The Labute approximate surface area is 97.0 Å². The van der Waals surface area contributed by atoms with Crippen LogP contribution in [0.2, 0.25) is 0 Å². The van der Waals surface area contributed by atoms with Crippen molar-refractivity contribution in [1.29, 1.82) is 0 Å². The van der Waals surface area contributed by atoms with E-state index in [1.54, 1.807) is 6.20 Å². The fourth-order valence-electron chi connectivity index (χ4n) is 1.80. The number of pyridine rings is 1. The van der Waals surface area contributed by atoms with Gasteiger partial charge in [-0.1, -0.05) is 18.2 Å². The zero-order valence-corrected chi connectivity index (χ0v) is 8.92. The van der Waals surface area contributed by atoms with E-state index in [-0.39, 0.29) is 5.56 Å². The molecule has 3 aromatic rings. The summed E-state index contributed by atoms with van der Waals surface area (Å²) >= 11 is 0. The van der Waals surface area contributed by atoms with E-state index in [0.717, 1.165) is 16.5 Å². The average molecular weight is 223 g/mol. The van der Waals surface area contributed by atoms with Gasteiger partial charge in [-0.25, -0.2) is 4.98 Å². The van der Waals surface area contributed by atoms with Crippen LogP contribution in [0.3, 0.4) is 0 Å². The topological polar surface area (TPSA) is 58.6 Å². The molecular weight excluding hydrogens is 214 g/mol. The largest absolute Gasteiger partial charge is 0.306 e. The lowest BCUT2D eigenvalue weighted by molar-refractivity contribution is 1.13. The zero-order chi connectivity index (χ0) is 11.7. The van der Waals surface area contributed by atoms with E-state index in [9.17, 15) is 4.79 Å². The Balaban J connectivity index is 2.34. The van der Waals surface area contributed by atoms with Crippen molar-refractivity contribution in [2.45, 2.75) is 0 Å². The molecule has 82 valence electrons. The molecule has 0 atom stereocenters. The standard InChI is InChI=1S/C13H9N3O/c17-11-6-8-15-13(16-11)10-5-1-3-9-4-2-7-14-12(9)10/h1-8H,(H,15,16,17). The van der Waals surface area contributed by atoms with Gasteiger partial charge in [0.05, 0.1) is 5.52 Å². The third-order valence-electron chi connectivity index (χ3n) is 2.56. The Morgan fingerprint density at radius 1 is 0.941 bits per heavy atom. The van der Waals surface area contributed by atoms with Crippen LogP contribution in [0.15, 0.2) is 53.6 Å². The Hall–Kier alpha value is -2.49. The highest BCUT2D eigenvalue weighted by molar-refractivity contribution is 5.91. The van der Waals surface area contributed by atoms with E-state index in [1.807, 2.05) is 30.3 Å². The fraction of sp³-hybridized carbons (Fsp3) is 0. The second-order valence-electron chi connectivity index (χ2n) is 3.66. The van der Waals surface area contributed by atoms with Gasteiger partial charge in [0.1, 0.15) is 5.82 Å². The first-order valence-corrected chi connectivity index (χ1v) is 5.24. The highest BCUT2D eigenvalue weighted by Crippen LogP contribution is 2.22. The molecule has 0 amide bonds. The van der Waals surface area contributed by atoms with E-state index < -0.39 is 0 Å². The van der Waals surface area contributed by atoms with Crippen molar-refractivity contribution in [3.05, 3.63) is 59.1 Å². The summed E-state index contributed by atoms with van der Waals surface area (Å²) in [4.78, 5) is 22.5. The van der Waals surface area contributed by atoms with Crippen molar-refractivity contribution in [2.24, 2.45) is 0 Å². The predicted octanol–water partition coefficient (Wildman–Crippen LogP) is 1.99. The van der Waals surface area contributed by atoms with Crippen molar-refractivity contribution in [3.63, 3.8) is 0 Å². The van der Waals surface area contributed by atoms with Gasteiger partial charge in [-0.05, 0) is 12.1 Å². The zero-order valence-electron chi connectivity index (χ0n) is 8.92. The molecule has 17 heavy (non-hydrogen) atoms. The SMILES string of the molecule is O=c1ccnc(-c2cccc3cccnc23)[nH]1. The van der Waals surface area contributed by atoms with E-state index >= 15 is 0 Å². The monoisotopic (exact) mass is 223 g/mol. The number of aromatic nitrogens is 3. The number of H-pyrrole nitrogens is 1. The maximum atomic E-state index is 11.3. The predicted molar refractivity (Wildman–Crippen MR) is 65.6 cm³/mol. The van der Waals surface area contributed by atoms with Gasteiger partial charge in [0.25, 0.3) is 5.56 Å². The summed E-state index contributed by atoms with van der Waals surface area (Å²) in [7, 11) is 0. The van der Waals surface area contributed by atoms with Gasteiger partial charge in [0.15, 0.2) is 0 Å². The second-order valence-corrected chi connectivity index (χ2v) is 3.66. The van der Waals surface area contributed by atoms with Crippen molar-refractivity contribution in [3.8, 4) is 11.4 Å². The number of para-hydroxylation sites is 1. The van der Waals surface area contributed by atoms with Gasteiger partial charge in [-0.15, -0.1) is 0 Å². The molecule has 0 aliphatic heterocycles. The molecule has 4 nitrogen and oxygen atoms in total. The quantitative estimate of drug-likeness (QED) is 0.686. The molecular formula is C13H9N3O. The minimum Gasteiger partial charge on any atom is -0.306 e. The third-order valence-corrected chi connectivity index (χ3v) is 2.56. The summed E-state index contributed by atoms with van der Waals surface area (Å²) < 4.78 is 0. The van der Waals surface area contributed by atoms with E-state index in [4.69, 9.17) is 0 Å². The number of hydrogen-bond donors (Lipinski definition) is 1. The van der Waals surface area contributed by atoms with Gasteiger partial charge in [0.2, 0.25) is 0 Å². The van der Waals surface area contributed by atoms with Crippen molar-refractivity contribution in [2.75, 3.05) is 0 Å². The van der Waals surface area contributed by atoms with Crippen LogP contribution >= 0.6 is 0 Å². The maximum Gasteiger partial charge on any atom is 0.251 e. The summed E-state index contributed by atoms with van der Waals surface area (Å²) in [6.45, 7) is 0. The van der Waals surface area contributed by atoms with Crippen LogP contribution in [0.5, 0.6) is 0 Å². The number of nitrogens with one attached hydrogen (secondary N) is 1. The summed E-state index contributed by atoms with van der Waals surface area (Å²) in [5.41, 5.74) is 1.51. The molecule has 0 fully saturated rings. The minimum atomic E-state index is -0.164. The third kappa shape index (κ3) is 1.69. The van der Waals surface area contributed by atoms with Gasteiger partial charge in [-0.3, -0.25) is 9.78 Å². The summed E-state index contributed by atoms with van der Waals surface area (Å²) in [6, 6.07) is 11.1. The lowest BCUT2D eigenvalue weighted by Gasteiger charge is -2.03. The number of benzene rings is 1. The number of fused-ring (bicyclic) bond motifs is 1. The molecule has 4 heteroatoms. The number of rotatable bonds is 1. The van der Waals surface area contributed by atoms with Gasteiger partial charge >= 0.3 is 0 Å². The average Bonchev–Trinajstić information content (AvgIpc) is 2.38. The van der Waals surface area contributed by atoms with Crippen LogP contribution in [-0.4, -0.2) is 15.0 Å². The van der Waals surface area contributed by atoms with Crippen molar-refractivity contribution < 1.29 is 0 Å². The number of aromatic amines is 1. The molecule has 2 aromatic heterocycles. The molecule has 3 rings (SSSR count). The lowest BCUT2D eigenvalue weighted by atomic mass is 10.1. The van der Waals surface area contributed by atoms with Gasteiger partial charge < -0.3 is 4.98 Å². The molecule has 0 saturated heterocycles. The van der Waals surface area contributed by atoms with Crippen molar-refractivity contribution in [1.82, 2.24) is 15.0 Å². The minimum absolute atomic E-state index is 0.164. The molecule has 0 unspecified atom stereocenters. The molecule has 0 radical (unpaired) electrons. The summed E-state index contributed by atoms with van der Waals surface area (Å²) in [5.74, 6) is 0.543. The molecule has 0 saturated carbocycles. The lowest BCUT2D eigenvalue weighted by Crippen LogP contribution is -2.06. The summed E-state index contributed by atoms with van der Waals surface area (Å²) in [6.07, 6.45) is 3.23. The van der Waals surface area contributed by atoms with Crippen LogP contribution in [0.1, 0.15) is 0 Å². The molecule has 0 spiro atoms. The molecule has 0 bridgehead atoms. The Kier molecular flexibility index (Phi) is 2.19. The van der Waals surface area contributed by atoms with E-state index in [1.165, 1.54) is 12.3 Å². The van der Waals surface area contributed by atoms with Gasteiger partial charge in [-0.2, -0.15) is 0 Å². The van der Waals surface area contributed by atoms with Crippen LogP contribution in [-0.2, 0) is 0 Å². The van der Waals surface area contributed by atoms with Gasteiger partial charge in [0, 0.05) is 29.4 Å². The first-order chi connectivity index (χ1) is 8.34. The number of nitrogens with zero attached hydrogens (tertiary/aromatic N) is 2. The first-order valence-electron chi connectivity index (χ1n) is 5.24. The van der Waals surface area contributed by atoms with Crippen LogP contribution in [0, 0.1) is 0 Å². The first kappa shape index (κ1) is 9.72. The fourth-order valence-corrected chi connectivity index (χ4v) is 1.80. The van der Waals surface area contributed by atoms with Crippen LogP contribution < -0.4 is 5.56 Å². The summed E-state index contributed by atoms with van der Waals surface area (Å²) in [5, 5.41) is 1.02. The van der Waals surface area contributed by atoms with E-state index in [2.05, 4.69) is 15.0 Å². The normalized spacial score (nSPS) is 10.6. The molecule has 1 aromatic carbocycles. The highest BCUT2D eigenvalue weighted by Gasteiger charge is 2.05. The molecule has 0 aliphatic rings. The molecule has 2 heterocycles. The Morgan fingerprint density at radius 2 is 1.82 bits per heavy atom.